The van der Waals surface area contributed by atoms with Gasteiger partial charge in [0.15, 0.2) is 5.82 Å². The van der Waals surface area contributed by atoms with Gasteiger partial charge in [-0.05, 0) is 18.9 Å². The van der Waals surface area contributed by atoms with Crippen molar-refractivity contribution >= 4 is 0 Å². The molecule has 2 rings (SSSR count). The zero-order chi connectivity index (χ0) is 9.97. The van der Waals surface area contributed by atoms with Crippen molar-refractivity contribution in [3.8, 4) is 0 Å². The zero-order valence-electron chi connectivity index (χ0n) is 8.79. The highest BCUT2D eigenvalue weighted by Gasteiger charge is 2.21. The molecule has 78 valence electrons. The lowest BCUT2D eigenvalue weighted by molar-refractivity contribution is 0.356. The second-order valence-electron chi connectivity index (χ2n) is 4.33. The van der Waals surface area contributed by atoms with E-state index in [0.717, 1.165) is 37.6 Å². The van der Waals surface area contributed by atoms with Gasteiger partial charge in [0.05, 0.1) is 0 Å². The largest absolute Gasteiger partial charge is 0.339 e. The summed E-state index contributed by atoms with van der Waals surface area (Å²) < 4.78 is 5.20. The van der Waals surface area contributed by atoms with Crippen molar-refractivity contribution in [2.75, 3.05) is 13.1 Å². The Balaban J connectivity index is 2.01. The van der Waals surface area contributed by atoms with E-state index in [1.807, 2.05) is 0 Å². The Kier molecular flexibility index (Phi) is 2.82. The van der Waals surface area contributed by atoms with E-state index in [1.54, 1.807) is 0 Å². The SMILES string of the molecule is CC(C)Cc1nc([C@@H]2CCNC2)no1. The molecule has 0 aliphatic carbocycles. The molecule has 1 atom stereocenters. The fraction of sp³-hybridized carbons (Fsp3) is 0.800. The van der Waals surface area contributed by atoms with Gasteiger partial charge in [0.2, 0.25) is 5.89 Å². The third kappa shape index (κ3) is 2.12. The van der Waals surface area contributed by atoms with E-state index in [2.05, 4.69) is 29.3 Å². The highest BCUT2D eigenvalue weighted by Crippen LogP contribution is 2.19. The predicted octanol–water partition coefficient (Wildman–Crippen LogP) is 1.34. The van der Waals surface area contributed by atoms with Crippen molar-refractivity contribution in [1.29, 1.82) is 0 Å². The smallest absolute Gasteiger partial charge is 0.226 e. The molecule has 1 aromatic rings. The summed E-state index contributed by atoms with van der Waals surface area (Å²) in [5.74, 6) is 2.69. The van der Waals surface area contributed by atoms with Crippen molar-refractivity contribution in [3.05, 3.63) is 11.7 Å². The number of aromatic nitrogens is 2. The molecule has 4 nitrogen and oxygen atoms in total. The Morgan fingerprint density at radius 2 is 2.43 bits per heavy atom. The summed E-state index contributed by atoms with van der Waals surface area (Å²) >= 11 is 0. The molecule has 0 unspecified atom stereocenters. The maximum Gasteiger partial charge on any atom is 0.226 e. The zero-order valence-corrected chi connectivity index (χ0v) is 8.79. The van der Waals surface area contributed by atoms with Crippen LogP contribution in [-0.2, 0) is 6.42 Å². The summed E-state index contributed by atoms with van der Waals surface area (Å²) in [6, 6.07) is 0. The number of nitrogens with one attached hydrogen (secondary N) is 1. The fourth-order valence-corrected chi connectivity index (χ4v) is 1.74. The van der Waals surface area contributed by atoms with Crippen LogP contribution in [0, 0.1) is 5.92 Å². The highest BCUT2D eigenvalue weighted by atomic mass is 16.5. The minimum absolute atomic E-state index is 0.458. The first kappa shape index (κ1) is 9.65. The molecular weight excluding hydrogens is 178 g/mol. The standard InChI is InChI=1S/C10H17N3O/c1-7(2)5-9-12-10(13-14-9)8-3-4-11-6-8/h7-8,11H,3-6H2,1-2H3/t8-/m1/s1. The van der Waals surface area contributed by atoms with E-state index in [0.29, 0.717) is 11.8 Å². The second-order valence-corrected chi connectivity index (χ2v) is 4.33. The first-order chi connectivity index (χ1) is 6.75. The Labute approximate surface area is 84.1 Å². The molecule has 1 aromatic heterocycles. The summed E-state index contributed by atoms with van der Waals surface area (Å²) in [5, 5.41) is 7.32. The fourth-order valence-electron chi connectivity index (χ4n) is 1.74. The number of hydrogen-bond acceptors (Lipinski definition) is 4. The molecule has 0 saturated carbocycles. The van der Waals surface area contributed by atoms with Gasteiger partial charge in [0, 0.05) is 18.9 Å². The molecule has 1 fully saturated rings. The van der Waals surface area contributed by atoms with Crippen LogP contribution in [0.15, 0.2) is 4.52 Å². The van der Waals surface area contributed by atoms with Crippen LogP contribution in [0.4, 0.5) is 0 Å². The Hall–Kier alpha value is -0.900. The molecule has 2 heterocycles. The van der Waals surface area contributed by atoms with Crippen molar-refractivity contribution in [1.82, 2.24) is 15.5 Å². The van der Waals surface area contributed by atoms with Gasteiger partial charge in [-0.2, -0.15) is 4.98 Å². The van der Waals surface area contributed by atoms with E-state index in [1.165, 1.54) is 0 Å². The van der Waals surface area contributed by atoms with Crippen molar-refractivity contribution in [2.24, 2.45) is 5.92 Å². The lowest BCUT2D eigenvalue weighted by Crippen LogP contribution is -2.08. The van der Waals surface area contributed by atoms with Crippen LogP contribution in [0.25, 0.3) is 0 Å². The molecule has 4 heteroatoms. The van der Waals surface area contributed by atoms with Gasteiger partial charge in [-0.15, -0.1) is 0 Å². The second kappa shape index (κ2) is 4.09. The van der Waals surface area contributed by atoms with Gasteiger partial charge in [-0.1, -0.05) is 19.0 Å². The van der Waals surface area contributed by atoms with Crippen LogP contribution in [0.3, 0.4) is 0 Å². The molecule has 1 N–H and O–H groups in total. The van der Waals surface area contributed by atoms with Crippen LogP contribution in [0.1, 0.15) is 37.9 Å². The number of hydrogen-bond donors (Lipinski definition) is 1. The Morgan fingerprint density at radius 1 is 1.57 bits per heavy atom. The molecule has 0 bridgehead atoms. The highest BCUT2D eigenvalue weighted by molar-refractivity contribution is 4.99. The predicted molar refractivity (Wildman–Crippen MR) is 53.1 cm³/mol. The normalized spacial score (nSPS) is 22.1. The number of rotatable bonds is 3. The third-order valence-corrected chi connectivity index (χ3v) is 2.49. The molecule has 1 saturated heterocycles. The summed E-state index contributed by atoms with van der Waals surface area (Å²) in [5.41, 5.74) is 0. The van der Waals surface area contributed by atoms with Gasteiger partial charge < -0.3 is 9.84 Å². The lowest BCUT2D eigenvalue weighted by atomic mass is 10.1. The summed E-state index contributed by atoms with van der Waals surface area (Å²) in [6.07, 6.45) is 2.01. The maximum atomic E-state index is 5.20. The average molecular weight is 195 g/mol. The van der Waals surface area contributed by atoms with Gasteiger partial charge in [0.25, 0.3) is 0 Å². The minimum atomic E-state index is 0.458. The molecule has 14 heavy (non-hydrogen) atoms. The third-order valence-electron chi connectivity index (χ3n) is 2.49. The first-order valence-electron chi connectivity index (χ1n) is 5.29. The van der Waals surface area contributed by atoms with Crippen molar-refractivity contribution in [3.63, 3.8) is 0 Å². The van der Waals surface area contributed by atoms with E-state index in [9.17, 15) is 0 Å². The molecular formula is C10H17N3O. The van der Waals surface area contributed by atoms with Crippen LogP contribution < -0.4 is 5.32 Å². The van der Waals surface area contributed by atoms with E-state index in [-0.39, 0.29) is 0 Å². The molecule has 0 amide bonds. The van der Waals surface area contributed by atoms with Crippen LogP contribution >= 0.6 is 0 Å². The van der Waals surface area contributed by atoms with E-state index >= 15 is 0 Å². The molecule has 1 aliphatic heterocycles. The van der Waals surface area contributed by atoms with Gasteiger partial charge >= 0.3 is 0 Å². The maximum absolute atomic E-state index is 5.20. The van der Waals surface area contributed by atoms with Crippen LogP contribution in [0.2, 0.25) is 0 Å². The molecule has 0 aromatic carbocycles. The lowest BCUT2D eigenvalue weighted by Gasteiger charge is -1.99. The summed E-state index contributed by atoms with van der Waals surface area (Å²) in [6.45, 7) is 6.36. The topological polar surface area (TPSA) is 51.0 Å². The van der Waals surface area contributed by atoms with Crippen molar-refractivity contribution in [2.45, 2.75) is 32.6 Å². The summed E-state index contributed by atoms with van der Waals surface area (Å²) in [7, 11) is 0. The molecule has 0 radical (unpaired) electrons. The van der Waals surface area contributed by atoms with E-state index in [4.69, 9.17) is 4.52 Å². The number of nitrogens with zero attached hydrogens (tertiary/aromatic N) is 2. The monoisotopic (exact) mass is 195 g/mol. The van der Waals surface area contributed by atoms with E-state index < -0.39 is 0 Å². The van der Waals surface area contributed by atoms with Gasteiger partial charge in [-0.3, -0.25) is 0 Å². The Morgan fingerprint density at radius 3 is 3.07 bits per heavy atom. The summed E-state index contributed by atoms with van der Waals surface area (Å²) in [4.78, 5) is 4.41. The van der Waals surface area contributed by atoms with Crippen molar-refractivity contribution < 1.29 is 4.52 Å². The first-order valence-corrected chi connectivity index (χ1v) is 5.29. The average Bonchev–Trinajstić information content (AvgIpc) is 2.69. The molecule has 0 spiro atoms. The minimum Gasteiger partial charge on any atom is -0.339 e. The van der Waals surface area contributed by atoms with Gasteiger partial charge in [0.1, 0.15) is 0 Å². The molecule has 1 aliphatic rings. The quantitative estimate of drug-likeness (QED) is 0.791. The van der Waals surface area contributed by atoms with Crippen LogP contribution in [-0.4, -0.2) is 23.2 Å². The van der Waals surface area contributed by atoms with Crippen LogP contribution in [0.5, 0.6) is 0 Å². The van der Waals surface area contributed by atoms with Gasteiger partial charge in [-0.25, -0.2) is 0 Å². The Bertz CT molecular complexity index is 289.